The molecule has 0 fully saturated rings. The Labute approximate surface area is 121 Å². The number of hydrogen-bond donors (Lipinski definition) is 1. The molecule has 1 aromatic heterocycles. The van der Waals surface area contributed by atoms with Crippen LogP contribution in [0, 0.1) is 0 Å². The molecule has 0 unspecified atom stereocenters. The van der Waals surface area contributed by atoms with E-state index in [1.54, 1.807) is 0 Å². The molecule has 0 saturated heterocycles. The highest BCUT2D eigenvalue weighted by atomic mass is 79.9. The molecule has 3 nitrogen and oxygen atoms in total. The smallest absolute Gasteiger partial charge is 0.220 e. The maximum absolute atomic E-state index is 11.4. The molecule has 100 valence electrons. The number of carbonyl (C=O) groups excluding carboxylic acids is 1. The largest absolute Gasteiger partial charge is 0.459 e. The van der Waals surface area contributed by atoms with Crippen molar-refractivity contribution in [1.29, 1.82) is 0 Å². The van der Waals surface area contributed by atoms with Crippen LogP contribution in [0.4, 0.5) is 0 Å². The Kier molecular flexibility index (Phi) is 4.80. The van der Waals surface area contributed by atoms with Gasteiger partial charge in [-0.25, -0.2) is 0 Å². The van der Waals surface area contributed by atoms with Crippen LogP contribution in [0.2, 0.25) is 0 Å². The Balaban J connectivity index is 1.99. The SMILES string of the molecule is CCCC(=O)NCc1ccc(-c2ccc(Br)cc2)o1. The number of hydrogen-bond acceptors (Lipinski definition) is 2. The van der Waals surface area contributed by atoms with Gasteiger partial charge in [-0.05, 0) is 30.7 Å². The van der Waals surface area contributed by atoms with E-state index in [1.807, 2.05) is 43.3 Å². The Bertz CT molecular complexity index is 546. The quantitative estimate of drug-likeness (QED) is 0.899. The first-order valence-electron chi connectivity index (χ1n) is 6.30. The highest BCUT2D eigenvalue weighted by Gasteiger charge is 2.06. The molecule has 19 heavy (non-hydrogen) atoms. The van der Waals surface area contributed by atoms with E-state index in [0.717, 1.165) is 28.0 Å². The van der Waals surface area contributed by atoms with Crippen molar-refractivity contribution in [2.75, 3.05) is 0 Å². The number of furan rings is 1. The first kappa shape index (κ1) is 13.9. The van der Waals surface area contributed by atoms with E-state index in [2.05, 4.69) is 21.2 Å². The zero-order chi connectivity index (χ0) is 13.7. The molecule has 0 aliphatic rings. The fourth-order valence-corrected chi connectivity index (χ4v) is 2.01. The summed E-state index contributed by atoms with van der Waals surface area (Å²) in [7, 11) is 0. The van der Waals surface area contributed by atoms with Crippen LogP contribution in [0.15, 0.2) is 45.3 Å². The van der Waals surface area contributed by atoms with Gasteiger partial charge in [0, 0.05) is 16.5 Å². The molecule has 1 N–H and O–H groups in total. The van der Waals surface area contributed by atoms with E-state index >= 15 is 0 Å². The van der Waals surface area contributed by atoms with Crippen LogP contribution in [0.25, 0.3) is 11.3 Å². The van der Waals surface area contributed by atoms with Gasteiger partial charge in [0.1, 0.15) is 11.5 Å². The molecule has 2 rings (SSSR count). The third-order valence-corrected chi connectivity index (χ3v) is 3.26. The number of carbonyl (C=O) groups is 1. The van der Waals surface area contributed by atoms with Crippen LogP contribution in [0.5, 0.6) is 0 Å². The first-order chi connectivity index (χ1) is 9.19. The zero-order valence-corrected chi connectivity index (χ0v) is 12.4. The summed E-state index contributed by atoms with van der Waals surface area (Å²) < 4.78 is 6.74. The number of benzene rings is 1. The zero-order valence-electron chi connectivity index (χ0n) is 10.8. The van der Waals surface area contributed by atoms with Gasteiger partial charge in [-0.3, -0.25) is 4.79 Å². The van der Waals surface area contributed by atoms with Gasteiger partial charge >= 0.3 is 0 Å². The minimum atomic E-state index is 0.0593. The molecule has 0 aliphatic heterocycles. The van der Waals surface area contributed by atoms with Crippen LogP contribution in [0.3, 0.4) is 0 Å². The Morgan fingerprint density at radius 1 is 1.21 bits per heavy atom. The summed E-state index contributed by atoms with van der Waals surface area (Å²) in [6, 6.07) is 11.7. The van der Waals surface area contributed by atoms with Gasteiger partial charge in [-0.15, -0.1) is 0 Å². The first-order valence-corrected chi connectivity index (χ1v) is 7.09. The lowest BCUT2D eigenvalue weighted by atomic mass is 10.2. The van der Waals surface area contributed by atoms with E-state index < -0.39 is 0 Å². The van der Waals surface area contributed by atoms with E-state index in [-0.39, 0.29) is 5.91 Å². The molecule has 4 heteroatoms. The van der Waals surface area contributed by atoms with Gasteiger partial charge in [0.05, 0.1) is 6.54 Å². The summed E-state index contributed by atoms with van der Waals surface area (Å²) in [5, 5.41) is 2.83. The molecule has 0 radical (unpaired) electrons. The maximum Gasteiger partial charge on any atom is 0.220 e. The van der Waals surface area contributed by atoms with Crippen molar-refractivity contribution in [3.8, 4) is 11.3 Å². The predicted molar refractivity (Wildman–Crippen MR) is 78.6 cm³/mol. The van der Waals surface area contributed by atoms with Crippen molar-refractivity contribution < 1.29 is 9.21 Å². The molecule has 0 aliphatic carbocycles. The van der Waals surface area contributed by atoms with Crippen molar-refractivity contribution in [3.63, 3.8) is 0 Å². The number of amides is 1. The van der Waals surface area contributed by atoms with Crippen LogP contribution in [-0.4, -0.2) is 5.91 Å². The monoisotopic (exact) mass is 321 g/mol. The van der Waals surface area contributed by atoms with Crippen molar-refractivity contribution in [2.45, 2.75) is 26.3 Å². The molecular formula is C15H16BrNO2. The second-order valence-corrected chi connectivity index (χ2v) is 5.22. The van der Waals surface area contributed by atoms with Crippen LogP contribution in [-0.2, 0) is 11.3 Å². The fourth-order valence-electron chi connectivity index (χ4n) is 1.74. The predicted octanol–water partition coefficient (Wildman–Crippen LogP) is 4.13. The van der Waals surface area contributed by atoms with Gasteiger partial charge in [-0.1, -0.05) is 35.0 Å². The number of halogens is 1. The topological polar surface area (TPSA) is 42.2 Å². The molecule has 0 atom stereocenters. The third-order valence-electron chi connectivity index (χ3n) is 2.73. The number of nitrogens with one attached hydrogen (secondary N) is 1. The van der Waals surface area contributed by atoms with Gasteiger partial charge in [0.25, 0.3) is 0 Å². The Hall–Kier alpha value is -1.55. The molecule has 1 aromatic carbocycles. The van der Waals surface area contributed by atoms with E-state index in [9.17, 15) is 4.79 Å². The van der Waals surface area contributed by atoms with Crippen molar-refractivity contribution in [2.24, 2.45) is 0 Å². The lowest BCUT2D eigenvalue weighted by Gasteiger charge is -2.01. The fraction of sp³-hybridized carbons (Fsp3) is 0.267. The minimum Gasteiger partial charge on any atom is -0.459 e. The summed E-state index contributed by atoms with van der Waals surface area (Å²) in [6.07, 6.45) is 1.41. The molecule has 0 bridgehead atoms. The summed E-state index contributed by atoms with van der Waals surface area (Å²) in [4.78, 5) is 11.4. The standard InChI is InChI=1S/C15H16BrNO2/c1-2-3-15(18)17-10-13-8-9-14(19-13)11-4-6-12(16)7-5-11/h4-9H,2-3,10H2,1H3,(H,17,18). The lowest BCUT2D eigenvalue weighted by molar-refractivity contribution is -0.121. The van der Waals surface area contributed by atoms with E-state index in [4.69, 9.17) is 4.42 Å². The van der Waals surface area contributed by atoms with E-state index in [0.29, 0.717) is 13.0 Å². The number of rotatable bonds is 5. The maximum atomic E-state index is 11.4. The summed E-state index contributed by atoms with van der Waals surface area (Å²) in [5.74, 6) is 1.64. The van der Waals surface area contributed by atoms with Gasteiger partial charge in [0.15, 0.2) is 0 Å². The Morgan fingerprint density at radius 2 is 1.95 bits per heavy atom. The summed E-state index contributed by atoms with van der Waals surface area (Å²) in [5.41, 5.74) is 1.02. The lowest BCUT2D eigenvalue weighted by Crippen LogP contribution is -2.21. The molecule has 0 spiro atoms. The van der Waals surface area contributed by atoms with Crippen LogP contribution >= 0.6 is 15.9 Å². The van der Waals surface area contributed by atoms with E-state index in [1.165, 1.54) is 0 Å². The van der Waals surface area contributed by atoms with Crippen molar-refractivity contribution in [3.05, 3.63) is 46.6 Å². The van der Waals surface area contributed by atoms with Crippen molar-refractivity contribution >= 4 is 21.8 Å². The van der Waals surface area contributed by atoms with Crippen LogP contribution < -0.4 is 5.32 Å². The molecule has 1 amide bonds. The molecule has 1 heterocycles. The van der Waals surface area contributed by atoms with Gasteiger partial charge < -0.3 is 9.73 Å². The Morgan fingerprint density at radius 3 is 2.63 bits per heavy atom. The molecule has 2 aromatic rings. The minimum absolute atomic E-state index is 0.0593. The van der Waals surface area contributed by atoms with Gasteiger partial charge in [0.2, 0.25) is 5.91 Å². The highest BCUT2D eigenvalue weighted by molar-refractivity contribution is 9.10. The van der Waals surface area contributed by atoms with Crippen molar-refractivity contribution in [1.82, 2.24) is 5.32 Å². The van der Waals surface area contributed by atoms with Crippen LogP contribution in [0.1, 0.15) is 25.5 Å². The van der Waals surface area contributed by atoms with Gasteiger partial charge in [-0.2, -0.15) is 0 Å². The second kappa shape index (κ2) is 6.57. The summed E-state index contributed by atoms with van der Waals surface area (Å²) >= 11 is 3.40. The molecular weight excluding hydrogens is 306 g/mol. The average molecular weight is 322 g/mol. The normalized spacial score (nSPS) is 10.4. The second-order valence-electron chi connectivity index (χ2n) is 4.30. The molecule has 0 saturated carbocycles. The summed E-state index contributed by atoms with van der Waals surface area (Å²) in [6.45, 7) is 2.42. The average Bonchev–Trinajstić information content (AvgIpc) is 2.86. The highest BCUT2D eigenvalue weighted by Crippen LogP contribution is 2.23. The third kappa shape index (κ3) is 3.96.